The van der Waals surface area contributed by atoms with Crippen molar-refractivity contribution < 1.29 is 24.2 Å². The minimum atomic E-state index is -0.786. The maximum Gasteiger partial charge on any atom is 0.295 e. The molecule has 1 fully saturated rings. The lowest BCUT2D eigenvalue weighted by atomic mass is 9.94. The number of para-hydroxylation sites is 1. The molecule has 0 saturated carbocycles. The molecule has 2 aromatic carbocycles. The number of benzene rings is 2. The van der Waals surface area contributed by atoms with Crippen LogP contribution in [-0.2, 0) is 22.6 Å². The number of aliphatic hydroxyl groups is 1. The standard InChI is InChI=1S/C27H24N2O5/c1-33-21-9-3-2-6-20(21)16-29-24(19-7-4-12-28-15-19)23(26(31)27(29)32)25(30)18-10-11-22-17(14-18)8-5-13-34-22/h2-4,6-7,9-12,14-15,24,30H,5,8,13,16H2,1H3/b25-23-. The Morgan fingerprint density at radius 3 is 2.82 bits per heavy atom. The van der Waals surface area contributed by atoms with Gasteiger partial charge in [0.15, 0.2) is 0 Å². The van der Waals surface area contributed by atoms with Crippen molar-refractivity contribution >= 4 is 17.4 Å². The van der Waals surface area contributed by atoms with E-state index in [0.29, 0.717) is 23.5 Å². The molecule has 0 bridgehead atoms. The quantitative estimate of drug-likeness (QED) is 0.354. The number of likely N-dealkylation sites (tertiary alicyclic amines) is 1. The van der Waals surface area contributed by atoms with E-state index in [9.17, 15) is 14.7 Å². The predicted octanol–water partition coefficient (Wildman–Crippen LogP) is 4.04. The maximum atomic E-state index is 13.3. The lowest BCUT2D eigenvalue weighted by Crippen LogP contribution is -2.29. The molecular formula is C27H24N2O5. The Morgan fingerprint density at radius 1 is 1.18 bits per heavy atom. The van der Waals surface area contributed by atoms with Crippen LogP contribution < -0.4 is 9.47 Å². The van der Waals surface area contributed by atoms with Gasteiger partial charge in [0.1, 0.15) is 17.3 Å². The van der Waals surface area contributed by atoms with E-state index in [1.54, 1.807) is 49.8 Å². The summed E-state index contributed by atoms with van der Waals surface area (Å²) in [5.41, 5.74) is 2.89. The second-order valence-corrected chi connectivity index (χ2v) is 8.30. The smallest absolute Gasteiger partial charge is 0.295 e. The summed E-state index contributed by atoms with van der Waals surface area (Å²) in [4.78, 5) is 32.1. The third-order valence-corrected chi connectivity index (χ3v) is 6.26. The summed E-state index contributed by atoms with van der Waals surface area (Å²) >= 11 is 0. The number of methoxy groups -OCH3 is 1. The van der Waals surface area contributed by atoms with Gasteiger partial charge in [-0.25, -0.2) is 0 Å². The normalized spacial score (nSPS) is 19.0. The third-order valence-electron chi connectivity index (χ3n) is 6.26. The zero-order valence-corrected chi connectivity index (χ0v) is 18.7. The molecule has 1 aromatic heterocycles. The fraction of sp³-hybridized carbons (Fsp3) is 0.222. The number of pyridine rings is 1. The largest absolute Gasteiger partial charge is 0.507 e. The van der Waals surface area contributed by atoms with Crippen molar-refractivity contribution in [3.63, 3.8) is 0 Å². The van der Waals surface area contributed by atoms with Crippen LogP contribution in [0.15, 0.2) is 72.6 Å². The lowest BCUT2D eigenvalue weighted by molar-refractivity contribution is -0.140. The number of carbonyl (C=O) groups excluding carboxylic acids is 2. The van der Waals surface area contributed by atoms with E-state index >= 15 is 0 Å². The molecule has 1 N–H and O–H groups in total. The number of aromatic nitrogens is 1. The van der Waals surface area contributed by atoms with Gasteiger partial charge >= 0.3 is 0 Å². The van der Waals surface area contributed by atoms with Crippen molar-refractivity contribution in [3.8, 4) is 11.5 Å². The number of fused-ring (bicyclic) bond motifs is 1. The fourth-order valence-corrected chi connectivity index (χ4v) is 4.61. The summed E-state index contributed by atoms with van der Waals surface area (Å²) in [6, 6.07) is 15.4. The molecule has 1 atom stereocenters. The molecule has 0 radical (unpaired) electrons. The minimum absolute atomic E-state index is 0.0459. The Bertz CT molecular complexity index is 1290. The van der Waals surface area contributed by atoms with Gasteiger partial charge < -0.3 is 19.5 Å². The summed E-state index contributed by atoms with van der Waals surface area (Å²) < 4.78 is 11.1. The van der Waals surface area contributed by atoms with E-state index in [2.05, 4.69) is 4.98 Å². The molecule has 1 amide bonds. The molecule has 34 heavy (non-hydrogen) atoms. The Labute approximate surface area is 197 Å². The van der Waals surface area contributed by atoms with Crippen molar-refractivity contribution in [2.75, 3.05) is 13.7 Å². The highest BCUT2D eigenvalue weighted by atomic mass is 16.5. The first-order chi connectivity index (χ1) is 16.6. The molecular weight excluding hydrogens is 432 g/mol. The van der Waals surface area contributed by atoms with Gasteiger partial charge in [-0.3, -0.25) is 14.6 Å². The van der Waals surface area contributed by atoms with Crippen LogP contribution in [0, 0.1) is 0 Å². The Balaban J connectivity index is 1.62. The van der Waals surface area contributed by atoms with Crippen LogP contribution in [0.1, 0.15) is 34.7 Å². The van der Waals surface area contributed by atoms with Gasteiger partial charge in [0.2, 0.25) is 0 Å². The summed E-state index contributed by atoms with van der Waals surface area (Å²) in [6.45, 7) is 0.802. The van der Waals surface area contributed by atoms with Crippen molar-refractivity contribution in [1.29, 1.82) is 0 Å². The molecule has 7 nitrogen and oxygen atoms in total. The summed E-state index contributed by atoms with van der Waals surface area (Å²) in [5, 5.41) is 11.3. The number of ketones is 1. The Kier molecular flexibility index (Phi) is 5.76. The lowest BCUT2D eigenvalue weighted by Gasteiger charge is -2.26. The van der Waals surface area contributed by atoms with E-state index in [1.807, 2.05) is 24.3 Å². The number of rotatable bonds is 5. The second-order valence-electron chi connectivity index (χ2n) is 8.30. The number of ether oxygens (including phenoxy) is 2. The van der Waals surface area contributed by atoms with E-state index in [4.69, 9.17) is 9.47 Å². The van der Waals surface area contributed by atoms with Gasteiger partial charge in [-0.2, -0.15) is 0 Å². The van der Waals surface area contributed by atoms with Crippen molar-refractivity contribution in [2.24, 2.45) is 0 Å². The summed E-state index contributed by atoms with van der Waals surface area (Å²) in [5.74, 6) is -0.215. The molecule has 2 aliphatic rings. The topological polar surface area (TPSA) is 89.0 Å². The molecule has 5 rings (SSSR count). The first-order valence-corrected chi connectivity index (χ1v) is 11.1. The molecule has 3 aromatic rings. The SMILES string of the molecule is COc1ccccc1CN1C(=O)C(=O)/C(=C(\O)c2ccc3c(c2)CCCO3)C1c1cccnc1. The van der Waals surface area contributed by atoms with Gasteiger partial charge in [0.05, 0.1) is 31.9 Å². The predicted molar refractivity (Wildman–Crippen MR) is 125 cm³/mol. The second kappa shape index (κ2) is 9.02. The average Bonchev–Trinajstić information content (AvgIpc) is 3.13. The van der Waals surface area contributed by atoms with Gasteiger partial charge in [-0.1, -0.05) is 24.3 Å². The number of hydrogen-bond acceptors (Lipinski definition) is 6. The van der Waals surface area contributed by atoms with Crippen LogP contribution in [0.2, 0.25) is 0 Å². The zero-order valence-electron chi connectivity index (χ0n) is 18.7. The molecule has 2 aliphatic heterocycles. The molecule has 172 valence electrons. The highest BCUT2D eigenvalue weighted by Gasteiger charge is 2.46. The van der Waals surface area contributed by atoms with Crippen molar-refractivity contribution in [2.45, 2.75) is 25.4 Å². The number of nitrogens with zero attached hydrogens (tertiary/aromatic N) is 2. The molecule has 1 saturated heterocycles. The van der Waals surface area contributed by atoms with E-state index < -0.39 is 17.7 Å². The van der Waals surface area contributed by atoms with Gasteiger partial charge in [-0.05, 0) is 54.3 Å². The fourth-order valence-electron chi connectivity index (χ4n) is 4.61. The molecule has 0 aliphatic carbocycles. The number of Topliss-reactive ketones (excluding diaryl/α,β-unsaturated/α-hetero) is 1. The Morgan fingerprint density at radius 2 is 2.03 bits per heavy atom. The van der Waals surface area contributed by atoms with Crippen LogP contribution in [0.4, 0.5) is 0 Å². The average molecular weight is 456 g/mol. The number of amides is 1. The molecule has 3 heterocycles. The van der Waals surface area contributed by atoms with Crippen LogP contribution in [-0.4, -0.2) is 40.4 Å². The third kappa shape index (κ3) is 3.79. The van der Waals surface area contributed by atoms with Crippen LogP contribution >= 0.6 is 0 Å². The van der Waals surface area contributed by atoms with Gasteiger partial charge in [-0.15, -0.1) is 0 Å². The van der Waals surface area contributed by atoms with Crippen LogP contribution in [0.25, 0.3) is 5.76 Å². The number of aryl methyl sites for hydroxylation is 1. The number of hydrogen-bond donors (Lipinski definition) is 1. The Hall–Kier alpha value is -4.13. The zero-order chi connectivity index (χ0) is 23.7. The van der Waals surface area contributed by atoms with Gasteiger partial charge in [0.25, 0.3) is 11.7 Å². The highest BCUT2D eigenvalue weighted by Crippen LogP contribution is 2.41. The molecule has 1 unspecified atom stereocenters. The van der Waals surface area contributed by atoms with Crippen LogP contribution in [0.3, 0.4) is 0 Å². The maximum absolute atomic E-state index is 13.3. The van der Waals surface area contributed by atoms with E-state index in [0.717, 1.165) is 29.7 Å². The molecule has 0 spiro atoms. The number of aliphatic hydroxyl groups excluding tert-OH is 1. The van der Waals surface area contributed by atoms with Crippen molar-refractivity contribution in [3.05, 3.63) is 94.8 Å². The summed E-state index contributed by atoms with van der Waals surface area (Å²) in [6.07, 6.45) is 4.94. The van der Waals surface area contributed by atoms with E-state index in [1.165, 1.54) is 4.90 Å². The van der Waals surface area contributed by atoms with E-state index in [-0.39, 0.29) is 17.9 Å². The first kappa shape index (κ1) is 21.7. The summed E-state index contributed by atoms with van der Waals surface area (Å²) in [7, 11) is 1.56. The first-order valence-electron chi connectivity index (χ1n) is 11.1. The monoisotopic (exact) mass is 456 g/mol. The number of carbonyl (C=O) groups is 2. The highest BCUT2D eigenvalue weighted by molar-refractivity contribution is 6.46. The minimum Gasteiger partial charge on any atom is -0.507 e. The van der Waals surface area contributed by atoms with Crippen LogP contribution in [0.5, 0.6) is 11.5 Å². The van der Waals surface area contributed by atoms with Gasteiger partial charge in [0, 0.05) is 23.5 Å². The molecule has 7 heteroatoms. The van der Waals surface area contributed by atoms with Crippen molar-refractivity contribution in [1.82, 2.24) is 9.88 Å².